The lowest BCUT2D eigenvalue weighted by Crippen LogP contribution is -2.63. The van der Waals surface area contributed by atoms with Gasteiger partial charge in [-0.15, -0.1) is 0 Å². The van der Waals surface area contributed by atoms with Crippen LogP contribution in [0.4, 0.5) is 0 Å². The summed E-state index contributed by atoms with van der Waals surface area (Å²) >= 11 is 0. The van der Waals surface area contributed by atoms with Crippen LogP contribution in [0.2, 0.25) is 0 Å². The monoisotopic (exact) mass is 400 g/mol. The molecule has 0 radical (unpaired) electrons. The van der Waals surface area contributed by atoms with Crippen LogP contribution in [0.1, 0.15) is 31.2 Å². The molecule has 3 amide bonds. The second-order valence-corrected chi connectivity index (χ2v) is 6.71. The van der Waals surface area contributed by atoms with Gasteiger partial charge in [0.2, 0.25) is 17.7 Å². The van der Waals surface area contributed by atoms with Gasteiger partial charge in [0, 0.05) is 12.8 Å². The maximum atomic E-state index is 12.3. The van der Waals surface area contributed by atoms with Crippen molar-refractivity contribution in [3.63, 3.8) is 0 Å². The summed E-state index contributed by atoms with van der Waals surface area (Å²) in [7, 11) is 1.20. The number of benzene rings is 1. The fourth-order valence-electron chi connectivity index (χ4n) is 3.03. The molecular weight excluding hydrogens is 376 g/mol. The molecular formula is C20H24N4O5. The molecule has 3 atom stereocenters. The molecule has 0 saturated carbocycles. The SMILES string of the molecule is COC(=O)[C@H](CCCC#N)NC(=O)C[C@@H]1NC(=O)[C@H](Cc2ccccc2)NC1=O. The van der Waals surface area contributed by atoms with Gasteiger partial charge in [-0.3, -0.25) is 14.4 Å². The number of nitrogens with zero attached hydrogens (tertiary/aromatic N) is 1. The molecule has 0 aliphatic carbocycles. The molecule has 0 spiro atoms. The predicted octanol–water partition coefficient (Wildman–Crippen LogP) is -0.0459. The average molecular weight is 400 g/mol. The van der Waals surface area contributed by atoms with E-state index in [1.54, 1.807) is 0 Å². The third-order valence-electron chi connectivity index (χ3n) is 4.54. The Labute approximate surface area is 168 Å². The fraction of sp³-hybridized carbons (Fsp3) is 0.450. The molecule has 1 fully saturated rings. The number of amides is 3. The summed E-state index contributed by atoms with van der Waals surface area (Å²) in [5, 5.41) is 16.3. The number of methoxy groups -OCH3 is 1. The van der Waals surface area contributed by atoms with Gasteiger partial charge in [0.25, 0.3) is 0 Å². The zero-order valence-corrected chi connectivity index (χ0v) is 16.1. The summed E-state index contributed by atoms with van der Waals surface area (Å²) in [5.74, 6) is -2.03. The number of nitrogens with one attached hydrogen (secondary N) is 3. The Morgan fingerprint density at radius 3 is 2.48 bits per heavy atom. The number of piperazine rings is 1. The normalized spacial score (nSPS) is 19.3. The van der Waals surface area contributed by atoms with Crippen LogP contribution in [-0.4, -0.2) is 48.9 Å². The molecule has 2 rings (SSSR count). The molecule has 29 heavy (non-hydrogen) atoms. The van der Waals surface area contributed by atoms with Crippen molar-refractivity contribution < 1.29 is 23.9 Å². The molecule has 3 N–H and O–H groups in total. The van der Waals surface area contributed by atoms with Crippen molar-refractivity contribution in [1.29, 1.82) is 5.26 Å². The number of ether oxygens (including phenoxy) is 1. The Morgan fingerprint density at radius 1 is 1.17 bits per heavy atom. The van der Waals surface area contributed by atoms with Crippen molar-refractivity contribution in [1.82, 2.24) is 16.0 Å². The van der Waals surface area contributed by atoms with Gasteiger partial charge in [-0.05, 0) is 18.4 Å². The topological polar surface area (TPSA) is 137 Å². The highest BCUT2D eigenvalue weighted by Gasteiger charge is 2.35. The molecule has 1 aromatic rings. The number of carbonyl (C=O) groups is 4. The molecule has 1 saturated heterocycles. The second-order valence-electron chi connectivity index (χ2n) is 6.71. The van der Waals surface area contributed by atoms with Gasteiger partial charge >= 0.3 is 5.97 Å². The molecule has 0 unspecified atom stereocenters. The maximum Gasteiger partial charge on any atom is 0.328 e. The smallest absolute Gasteiger partial charge is 0.328 e. The second kappa shape index (κ2) is 10.8. The van der Waals surface area contributed by atoms with E-state index in [0.29, 0.717) is 12.8 Å². The van der Waals surface area contributed by atoms with E-state index in [4.69, 9.17) is 5.26 Å². The minimum absolute atomic E-state index is 0.243. The van der Waals surface area contributed by atoms with Crippen LogP contribution < -0.4 is 16.0 Å². The standard InChI is InChI=1S/C20H24N4O5/c1-29-20(28)14(9-5-6-10-21)22-17(25)12-16-19(27)23-15(18(26)24-16)11-13-7-3-2-4-8-13/h2-4,7-8,14-16H,5-6,9,11-12H2,1H3,(H,22,25)(H,23,27)(H,24,26)/t14-,15-,16-/m0/s1. The van der Waals surface area contributed by atoms with Gasteiger partial charge in [0.05, 0.1) is 19.6 Å². The summed E-state index contributed by atoms with van der Waals surface area (Å²) in [6.07, 6.45) is 0.946. The molecule has 1 aliphatic rings. The Kier molecular flexibility index (Phi) is 8.15. The number of unbranched alkanes of at least 4 members (excludes halogenated alkanes) is 1. The summed E-state index contributed by atoms with van der Waals surface area (Å²) in [6.45, 7) is 0. The minimum atomic E-state index is -1.02. The third-order valence-corrected chi connectivity index (χ3v) is 4.54. The van der Waals surface area contributed by atoms with Gasteiger partial charge < -0.3 is 20.7 Å². The summed E-state index contributed by atoms with van der Waals surface area (Å²) in [6, 6.07) is 8.60. The van der Waals surface area contributed by atoms with Gasteiger partial charge in [-0.1, -0.05) is 30.3 Å². The maximum absolute atomic E-state index is 12.3. The van der Waals surface area contributed by atoms with Crippen LogP contribution in [0.5, 0.6) is 0 Å². The Hall–Kier alpha value is -3.41. The predicted molar refractivity (Wildman–Crippen MR) is 102 cm³/mol. The first-order valence-electron chi connectivity index (χ1n) is 9.33. The van der Waals surface area contributed by atoms with Gasteiger partial charge in [-0.2, -0.15) is 5.26 Å². The van der Waals surface area contributed by atoms with Gasteiger partial charge in [0.1, 0.15) is 18.1 Å². The summed E-state index contributed by atoms with van der Waals surface area (Å²) < 4.78 is 4.66. The Balaban J connectivity index is 1.90. The highest BCUT2D eigenvalue weighted by Crippen LogP contribution is 2.09. The quantitative estimate of drug-likeness (QED) is 0.393. The third kappa shape index (κ3) is 6.60. The molecule has 1 aromatic carbocycles. The zero-order chi connectivity index (χ0) is 21.2. The highest BCUT2D eigenvalue weighted by atomic mass is 16.5. The molecule has 0 bridgehead atoms. The fourth-order valence-corrected chi connectivity index (χ4v) is 3.03. The van der Waals surface area contributed by atoms with Gasteiger partial charge in [0.15, 0.2) is 0 Å². The van der Waals surface area contributed by atoms with E-state index in [9.17, 15) is 19.2 Å². The lowest BCUT2D eigenvalue weighted by Gasteiger charge is -2.29. The van der Waals surface area contributed by atoms with Crippen LogP contribution in [0, 0.1) is 11.3 Å². The van der Waals surface area contributed by atoms with Crippen molar-refractivity contribution in [3.05, 3.63) is 35.9 Å². The van der Waals surface area contributed by atoms with E-state index in [1.807, 2.05) is 36.4 Å². The van der Waals surface area contributed by atoms with Crippen LogP contribution >= 0.6 is 0 Å². The number of hydrogen-bond acceptors (Lipinski definition) is 6. The Bertz CT molecular complexity index is 790. The van der Waals surface area contributed by atoms with E-state index in [0.717, 1.165) is 5.56 Å². The molecule has 9 nitrogen and oxygen atoms in total. The van der Waals surface area contributed by atoms with E-state index < -0.39 is 35.9 Å². The highest BCUT2D eigenvalue weighted by molar-refractivity contribution is 5.99. The molecule has 1 heterocycles. The van der Waals surface area contributed by atoms with Crippen molar-refractivity contribution in [2.75, 3.05) is 7.11 Å². The Morgan fingerprint density at radius 2 is 1.83 bits per heavy atom. The van der Waals surface area contributed by atoms with Crippen LogP contribution in [0.25, 0.3) is 0 Å². The van der Waals surface area contributed by atoms with Crippen molar-refractivity contribution in [2.24, 2.45) is 0 Å². The first-order valence-corrected chi connectivity index (χ1v) is 9.33. The zero-order valence-electron chi connectivity index (χ0n) is 16.1. The molecule has 1 aliphatic heterocycles. The average Bonchev–Trinajstić information content (AvgIpc) is 2.71. The molecule has 0 aromatic heterocycles. The largest absolute Gasteiger partial charge is 0.467 e. The first-order chi connectivity index (χ1) is 13.9. The van der Waals surface area contributed by atoms with Crippen molar-refractivity contribution in [3.8, 4) is 6.07 Å². The molecule has 154 valence electrons. The van der Waals surface area contributed by atoms with Crippen LogP contribution in [0.3, 0.4) is 0 Å². The number of rotatable bonds is 9. The summed E-state index contributed by atoms with van der Waals surface area (Å²) in [4.78, 5) is 48.7. The number of carbonyl (C=O) groups excluding carboxylic acids is 4. The minimum Gasteiger partial charge on any atom is -0.467 e. The molecule has 9 heteroatoms. The van der Waals surface area contributed by atoms with Crippen molar-refractivity contribution in [2.45, 2.75) is 50.2 Å². The lowest BCUT2D eigenvalue weighted by molar-refractivity contribution is -0.145. The van der Waals surface area contributed by atoms with E-state index in [1.165, 1.54) is 7.11 Å². The number of hydrogen-bond donors (Lipinski definition) is 3. The van der Waals surface area contributed by atoms with E-state index in [2.05, 4.69) is 20.7 Å². The van der Waals surface area contributed by atoms with Crippen molar-refractivity contribution >= 4 is 23.7 Å². The van der Waals surface area contributed by atoms with E-state index >= 15 is 0 Å². The van der Waals surface area contributed by atoms with E-state index in [-0.39, 0.29) is 25.2 Å². The summed E-state index contributed by atoms with van der Waals surface area (Å²) in [5.41, 5.74) is 0.905. The lowest BCUT2D eigenvalue weighted by atomic mass is 10.0. The van der Waals surface area contributed by atoms with Crippen LogP contribution in [-0.2, 0) is 30.3 Å². The first kappa shape index (κ1) is 21.9. The van der Waals surface area contributed by atoms with Gasteiger partial charge in [-0.25, -0.2) is 4.79 Å². The number of nitriles is 1. The van der Waals surface area contributed by atoms with Crippen LogP contribution in [0.15, 0.2) is 30.3 Å². The number of esters is 1.